The molecule has 18 heavy (non-hydrogen) atoms. The number of halogens is 2. The van der Waals surface area contributed by atoms with E-state index in [1.165, 1.54) is 6.92 Å². The summed E-state index contributed by atoms with van der Waals surface area (Å²) in [6, 6.07) is 3.78. The van der Waals surface area contributed by atoms with E-state index in [9.17, 15) is 9.18 Å². The first-order valence-corrected chi connectivity index (χ1v) is 6.85. The third-order valence-electron chi connectivity index (χ3n) is 3.26. The number of nitrogens with zero attached hydrogens (tertiary/aromatic N) is 2. The van der Waals surface area contributed by atoms with Crippen LogP contribution in [0.1, 0.15) is 19.8 Å². The molecule has 0 aromatic carbocycles. The molecule has 0 unspecified atom stereocenters. The minimum absolute atomic E-state index is 0.0675. The standard InChI is InChI=1S/C13H16BrFN2O/c1-9(18)6-10-4-5-17(8-12(10)15)13-3-2-11(14)7-16-13/h2-3,7,10,12H,4-6,8H2,1H3/t10-,12-/m0/s1. The van der Waals surface area contributed by atoms with E-state index in [4.69, 9.17) is 0 Å². The molecule has 1 aromatic rings. The van der Waals surface area contributed by atoms with E-state index in [0.717, 1.165) is 16.8 Å². The first-order chi connectivity index (χ1) is 8.56. The van der Waals surface area contributed by atoms with Gasteiger partial charge < -0.3 is 9.69 Å². The Morgan fingerprint density at radius 2 is 2.39 bits per heavy atom. The summed E-state index contributed by atoms with van der Waals surface area (Å²) < 4.78 is 14.9. The summed E-state index contributed by atoms with van der Waals surface area (Å²) in [5, 5.41) is 0. The van der Waals surface area contributed by atoms with Gasteiger partial charge in [0.15, 0.2) is 0 Å². The summed E-state index contributed by atoms with van der Waals surface area (Å²) in [6.45, 7) is 2.61. The number of alkyl halides is 1. The Morgan fingerprint density at radius 1 is 1.61 bits per heavy atom. The van der Waals surface area contributed by atoms with Gasteiger partial charge in [-0.25, -0.2) is 9.37 Å². The molecule has 0 aliphatic carbocycles. The Balaban J connectivity index is 1.99. The second-order valence-electron chi connectivity index (χ2n) is 4.75. The Morgan fingerprint density at radius 3 is 2.94 bits per heavy atom. The second kappa shape index (κ2) is 5.78. The highest BCUT2D eigenvalue weighted by Gasteiger charge is 2.30. The molecular formula is C13H16BrFN2O. The fourth-order valence-corrected chi connectivity index (χ4v) is 2.55. The summed E-state index contributed by atoms with van der Waals surface area (Å²) in [5.41, 5.74) is 0. The normalized spacial score (nSPS) is 24.1. The van der Waals surface area contributed by atoms with Crippen LogP contribution in [0, 0.1) is 5.92 Å². The van der Waals surface area contributed by atoms with Crippen molar-refractivity contribution in [2.75, 3.05) is 18.0 Å². The number of carbonyl (C=O) groups is 1. The van der Waals surface area contributed by atoms with Crippen molar-refractivity contribution in [3.63, 3.8) is 0 Å². The number of anilines is 1. The van der Waals surface area contributed by atoms with Gasteiger partial charge in [-0.15, -0.1) is 0 Å². The third-order valence-corrected chi connectivity index (χ3v) is 3.73. The number of ketones is 1. The molecule has 2 atom stereocenters. The Kier molecular flexibility index (Phi) is 4.32. The quantitative estimate of drug-likeness (QED) is 0.860. The molecule has 0 saturated carbocycles. The van der Waals surface area contributed by atoms with E-state index < -0.39 is 6.17 Å². The van der Waals surface area contributed by atoms with E-state index >= 15 is 0 Å². The highest BCUT2D eigenvalue weighted by Crippen LogP contribution is 2.27. The molecule has 0 amide bonds. The van der Waals surface area contributed by atoms with Crippen molar-refractivity contribution in [3.8, 4) is 0 Å². The van der Waals surface area contributed by atoms with E-state index in [-0.39, 0.29) is 11.7 Å². The average Bonchev–Trinajstić information content (AvgIpc) is 2.32. The van der Waals surface area contributed by atoms with Gasteiger partial charge in [0.05, 0.1) is 6.54 Å². The third kappa shape index (κ3) is 3.28. The fourth-order valence-electron chi connectivity index (χ4n) is 2.32. The van der Waals surface area contributed by atoms with Gasteiger partial charge in [0.25, 0.3) is 0 Å². The summed E-state index contributed by atoms with van der Waals surface area (Å²) in [6.07, 6.45) is 1.82. The molecular weight excluding hydrogens is 299 g/mol. The monoisotopic (exact) mass is 314 g/mol. The average molecular weight is 315 g/mol. The molecule has 0 bridgehead atoms. The molecule has 0 radical (unpaired) electrons. The first-order valence-electron chi connectivity index (χ1n) is 6.06. The van der Waals surface area contributed by atoms with Crippen LogP contribution in [-0.2, 0) is 4.79 Å². The van der Waals surface area contributed by atoms with E-state index in [1.54, 1.807) is 6.20 Å². The molecule has 1 aliphatic heterocycles. The zero-order valence-electron chi connectivity index (χ0n) is 10.3. The van der Waals surface area contributed by atoms with Gasteiger partial charge in [-0.1, -0.05) is 0 Å². The number of Topliss-reactive ketones (excluding diaryl/α,β-unsaturated/α-hetero) is 1. The van der Waals surface area contributed by atoms with Crippen molar-refractivity contribution in [1.29, 1.82) is 0 Å². The fraction of sp³-hybridized carbons (Fsp3) is 0.538. The lowest BCUT2D eigenvalue weighted by molar-refractivity contribution is -0.118. The van der Waals surface area contributed by atoms with Crippen molar-refractivity contribution in [2.45, 2.75) is 25.9 Å². The smallest absolute Gasteiger partial charge is 0.130 e. The van der Waals surface area contributed by atoms with Gasteiger partial charge in [-0.3, -0.25) is 0 Å². The highest BCUT2D eigenvalue weighted by atomic mass is 79.9. The van der Waals surface area contributed by atoms with Gasteiger partial charge in [-0.2, -0.15) is 0 Å². The molecule has 0 N–H and O–H groups in total. The zero-order valence-corrected chi connectivity index (χ0v) is 11.9. The largest absolute Gasteiger partial charge is 0.354 e. The molecule has 0 spiro atoms. The first kappa shape index (κ1) is 13.5. The number of piperidine rings is 1. The minimum Gasteiger partial charge on any atom is -0.354 e. The minimum atomic E-state index is -0.951. The van der Waals surface area contributed by atoms with Gasteiger partial charge in [0, 0.05) is 29.6 Å². The Bertz CT molecular complexity index is 424. The van der Waals surface area contributed by atoms with Crippen LogP contribution in [0.25, 0.3) is 0 Å². The SMILES string of the molecule is CC(=O)C[C@@H]1CCN(c2ccc(Br)cn2)C[C@@H]1F. The van der Waals surface area contributed by atoms with Gasteiger partial charge >= 0.3 is 0 Å². The van der Waals surface area contributed by atoms with E-state index in [0.29, 0.717) is 19.4 Å². The second-order valence-corrected chi connectivity index (χ2v) is 5.67. The Labute approximate surface area is 115 Å². The molecule has 98 valence electrons. The maximum atomic E-state index is 14.0. The molecule has 2 heterocycles. The number of rotatable bonds is 3. The maximum Gasteiger partial charge on any atom is 0.130 e. The van der Waals surface area contributed by atoms with Crippen LogP contribution in [0.2, 0.25) is 0 Å². The lowest BCUT2D eigenvalue weighted by Gasteiger charge is -2.35. The number of hydrogen-bond acceptors (Lipinski definition) is 3. The molecule has 1 aromatic heterocycles. The summed E-state index contributed by atoms with van der Waals surface area (Å²) in [4.78, 5) is 17.3. The van der Waals surface area contributed by atoms with Crippen LogP contribution < -0.4 is 4.90 Å². The lowest BCUT2D eigenvalue weighted by Crippen LogP contribution is -2.42. The molecule has 3 nitrogen and oxygen atoms in total. The number of carbonyl (C=O) groups excluding carboxylic acids is 1. The van der Waals surface area contributed by atoms with Crippen molar-refractivity contribution in [3.05, 3.63) is 22.8 Å². The predicted molar refractivity (Wildman–Crippen MR) is 72.5 cm³/mol. The highest BCUT2D eigenvalue weighted by molar-refractivity contribution is 9.10. The van der Waals surface area contributed by atoms with Crippen molar-refractivity contribution >= 4 is 27.5 Å². The Hall–Kier alpha value is -0.970. The number of aromatic nitrogens is 1. The molecule has 5 heteroatoms. The number of pyridine rings is 1. The van der Waals surface area contributed by atoms with E-state index in [2.05, 4.69) is 20.9 Å². The zero-order chi connectivity index (χ0) is 13.1. The van der Waals surface area contributed by atoms with Crippen LogP contribution in [-0.4, -0.2) is 30.0 Å². The van der Waals surface area contributed by atoms with Crippen LogP contribution in [0.5, 0.6) is 0 Å². The predicted octanol–water partition coefficient (Wildman–Crippen LogP) is 2.99. The van der Waals surface area contributed by atoms with E-state index in [1.807, 2.05) is 17.0 Å². The summed E-state index contributed by atoms with van der Waals surface area (Å²) in [7, 11) is 0. The van der Waals surface area contributed by atoms with Crippen molar-refractivity contribution in [2.24, 2.45) is 5.92 Å². The van der Waals surface area contributed by atoms with Crippen LogP contribution in [0.4, 0.5) is 10.2 Å². The molecule has 1 fully saturated rings. The van der Waals surface area contributed by atoms with Gasteiger partial charge in [0.2, 0.25) is 0 Å². The summed E-state index contributed by atoms with van der Waals surface area (Å²) >= 11 is 3.33. The van der Waals surface area contributed by atoms with Crippen LogP contribution >= 0.6 is 15.9 Å². The molecule has 1 aliphatic rings. The lowest BCUT2D eigenvalue weighted by atomic mass is 9.90. The van der Waals surface area contributed by atoms with Crippen molar-refractivity contribution in [1.82, 2.24) is 4.98 Å². The maximum absolute atomic E-state index is 14.0. The van der Waals surface area contributed by atoms with Gasteiger partial charge in [0.1, 0.15) is 17.8 Å². The molecule has 1 saturated heterocycles. The van der Waals surface area contributed by atoms with Crippen molar-refractivity contribution < 1.29 is 9.18 Å². The topological polar surface area (TPSA) is 33.2 Å². The summed E-state index contributed by atoms with van der Waals surface area (Å²) in [5.74, 6) is 0.731. The molecule has 2 rings (SSSR count). The van der Waals surface area contributed by atoms with Crippen LogP contribution in [0.3, 0.4) is 0 Å². The number of hydrogen-bond donors (Lipinski definition) is 0. The van der Waals surface area contributed by atoms with Crippen LogP contribution in [0.15, 0.2) is 22.8 Å². The van der Waals surface area contributed by atoms with Gasteiger partial charge in [-0.05, 0) is 41.4 Å².